The number of carbonyl (C=O) groups excluding carboxylic acids is 1. The number of benzene rings is 1. The molecule has 0 fully saturated rings. The van der Waals surface area contributed by atoms with Gasteiger partial charge in [-0.15, -0.1) is 0 Å². The van der Waals surface area contributed by atoms with Crippen LogP contribution in [0, 0.1) is 5.92 Å². The Morgan fingerprint density at radius 1 is 1.39 bits per heavy atom. The Balaban J connectivity index is 2.61. The van der Waals surface area contributed by atoms with Gasteiger partial charge in [-0.05, 0) is 24.5 Å². The van der Waals surface area contributed by atoms with E-state index in [1.54, 1.807) is 30.3 Å². The monoisotopic (exact) mass is 269 g/mol. The first kappa shape index (κ1) is 14.6. The lowest BCUT2D eigenvalue weighted by molar-refractivity contribution is -0.217. The van der Waals surface area contributed by atoms with Crippen LogP contribution in [0.4, 0.5) is 0 Å². The summed E-state index contributed by atoms with van der Waals surface area (Å²) < 4.78 is 11.0. The normalized spacial score (nSPS) is 14.2. The Bertz CT molecular complexity index is 410. The predicted molar refractivity (Wildman–Crippen MR) is 67.1 cm³/mol. The minimum Gasteiger partial charge on any atom is -0.306 e. The van der Waals surface area contributed by atoms with Gasteiger partial charge in [0.15, 0.2) is 19.5 Å². The molecule has 5 nitrogen and oxygen atoms in total. The van der Waals surface area contributed by atoms with E-state index in [0.717, 1.165) is 0 Å². The maximum absolute atomic E-state index is 11.7. The highest BCUT2D eigenvalue weighted by Crippen LogP contribution is 2.27. The molecule has 1 atom stereocenters. The van der Waals surface area contributed by atoms with E-state index in [0.29, 0.717) is 5.75 Å². The molecule has 0 radical (unpaired) electrons. The summed E-state index contributed by atoms with van der Waals surface area (Å²) in [5, 5.41) is -1.57. The van der Waals surface area contributed by atoms with Gasteiger partial charge in [0.05, 0.1) is 0 Å². The Morgan fingerprint density at radius 3 is 2.50 bits per heavy atom. The summed E-state index contributed by atoms with van der Waals surface area (Å²) in [6.45, 7) is 3.75. The average molecular weight is 269 g/mol. The molecule has 1 unspecified atom stereocenters. The number of rotatable bonds is 6. The fourth-order valence-corrected chi connectivity index (χ4v) is 1.97. The molecule has 98 valence electrons. The molecule has 1 aromatic carbocycles. The van der Waals surface area contributed by atoms with E-state index in [1.807, 2.05) is 13.8 Å². The molecule has 1 aromatic rings. The summed E-state index contributed by atoms with van der Waals surface area (Å²) in [4.78, 5) is 21.2. The van der Waals surface area contributed by atoms with Crippen LogP contribution in [0.3, 0.4) is 0 Å². The van der Waals surface area contributed by atoms with Gasteiger partial charge in [0.2, 0.25) is 0 Å². The van der Waals surface area contributed by atoms with Crippen molar-refractivity contribution < 1.29 is 19.1 Å². The Labute approximate surface area is 107 Å². The van der Waals surface area contributed by atoms with Crippen LogP contribution in [0.5, 0.6) is 5.75 Å². The van der Waals surface area contributed by atoms with Crippen molar-refractivity contribution >= 4 is 14.4 Å². The number of hydrogen-bond donors (Lipinski definition) is 1. The molecular weight excluding hydrogens is 253 g/mol. The van der Waals surface area contributed by atoms with E-state index in [4.69, 9.17) is 10.6 Å². The molecule has 0 saturated carbocycles. The summed E-state index contributed by atoms with van der Waals surface area (Å²) in [6, 6.07) is 8.53. The molecule has 0 aliphatic heterocycles. The lowest BCUT2D eigenvalue weighted by atomic mass is 10.0. The molecule has 0 bridgehead atoms. The van der Waals surface area contributed by atoms with Crippen molar-refractivity contribution in [3.05, 3.63) is 30.3 Å². The first-order valence-electron chi connectivity index (χ1n) is 5.55. The van der Waals surface area contributed by atoms with E-state index in [2.05, 4.69) is 4.89 Å². The third-order valence-corrected chi connectivity index (χ3v) is 2.88. The maximum atomic E-state index is 11.7. The molecule has 0 heterocycles. The molecule has 0 aliphatic carbocycles. The van der Waals surface area contributed by atoms with E-state index < -0.39 is 19.7 Å². The Morgan fingerprint density at radius 2 is 2.00 bits per heavy atom. The highest BCUT2D eigenvalue weighted by atomic mass is 31.1. The van der Waals surface area contributed by atoms with Gasteiger partial charge in [0, 0.05) is 0 Å². The number of hydrogen-bond acceptors (Lipinski definition) is 5. The van der Waals surface area contributed by atoms with Crippen LogP contribution < -0.4 is 10.6 Å². The topological polar surface area (TPSA) is 78.6 Å². The molecule has 2 N–H and O–H groups in total. The van der Waals surface area contributed by atoms with Gasteiger partial charge >= 0.3 is 5.97 Å². The zero-order chi connectivity index (χ0) is 13.6. The van der Waals surface area contributed by atoms with Gasteiger partial charge in [-0.2, -0.15) is 0 Å². The fourth-order valence-electron chi connectivity index (χ4n) is 1.41. The van der Waals surface area contributed by atoms with Gasteiger partial charge in [-0.3, -0.25) is 9.45 Å². The molecule has 18 heavy (non-hydrogen) atoms. The number of para-hydroxylation sites is 1. The molecule has 1 rings (SSSR count). The second-order valence-corrected chi connectivity index (χ2v) is 5.36. The van der Waals surface area contributed by atoms with Crippen LogP contribution in [0.25, 0.3) is 0 Å². The molecule has 0 spiro atoms. The smallest absolute Gasteiger partial charge is 0.306 e. The summed E-state index contributed by atoms with van der Waals surface area (Å²) in [7, 11) is -0.484. The summed E-state index contributed by atoms with van der Waals surface area (Å²) in [5.74, 6) is -0.363. The van der Waals surface area contributed by atoms with Gasteiger partial charge in [0.25, 0.3) is 0 Å². The first-order valence-corrected chi connectivity index (χ1v) is 6.36. The van der Waals surface area contributed by atoms with Gasteiger partial charge in [-0.1, -0.05) is 32.0 Å². The van der Waals surface area contributed by atoms with Crippen molar-refractivity contribution in [2.24, 2.45) is 11.7 Å². The summed E-state index contributed by atoms with van der Waals surface area (Å²) >= 11 is 0. The van der Waals surface area contributed by atoms with Crippen LogP contribution in [-0.4, -0.2) is 11.2 Å². The molecule has 0 saturated heterocycles. The molecular formula is C12H16NO4P. The molecule has 6 heteroatoms. The van der Waals surface area contributed by atoms with Crippen molar-refractivity contribution in [2.45, 2.75) is 25.5 Å². The van der Waals surface area contributed by atoms with E-state index >= 15 is 0 Å². The van der Waals surface area contributed by atoms with Crippen molar-refractivity contribution in [3.8, 4) is 5.75 Å². The standard InChI is InChI=1S/C12H16NO4P/c1-9(2)8-12(13,18-15)11(14)17-16-10-6-4-3-5-7-10/h3-7,9H,8,13H2,1-2H3. The number of carbonyl (C=O) groups is 1. The van der Waals surface area contributed by atoms with Crippen molar-refractivity contribution in [2.75, 3.05) is 0 Å². The van der Waals surface area contributed by atoms with Crippen LogP contribution in [0.15, 0.2) is 30.3 Å². The Hall–Kier alpha value is -1.45. The zero-order valence-corrected chi connectivity index (χ0v) is 11.2. The first-order chi connectivity index (χ1) is 8.48. The molecule has 0 aromatic heterocycles. The summed E-state index contributed by atoms with van der Waals surface area (Å²) in [6.07, 6.45) is 0.245. The predicted octanol–water partition coefficient (Wildman–Crippen LogP) is 2.52. The lowest BCUT2D eigenvalue weighted by Crippen LogP contribution is -2.45. The summed E-state index contributed by atoms with van der Waals surface area (Å²) in [5.41, 5.74) is 5.73. The second-order valence-electron chi connectivity index (χ2n) is 4.38. The van der Waals surface area contributed by atoms with Crippen LogP contribution in [-0.2, 0) is 14.2 Å². The van der Waals surface area contributed by atoms with Gasteiger partial charge in [-0.25, -0.2) is 9.68 Å². The minimum absolute atomic E-state index is 0.112. The zero-order valence-electron chi connectivity index (χ0n) is 10.3. The van der Waals surface area contributed by atoms with Crippen molar-refractivity contribution in [3.63, 3.8) is 0 Å². The Kier molecular flexibility index (Phi) is 5.25. The minimum atomic E-state index is -1.57. The molecule has 0 aliphatic rings. The van der Waals surface area contributed by atoms with Crippen LogP contribution in [0.2, 0.25) is 0 Å². The highest BCUT2D eigenvalue weighted by Gasteiger charge is 2.39. The highest BCUT2D eigenvalue weighted by molar-refractivity contribution is 7.27. The third kappa shape index (κ3) is 4.09. The average Bonchev–Trinajstić information content (AvgIpc) is 2.36. The van der Waals surface area contributed by atoms with Crippen LogP contribution >= 0.6 is 8.46 Å². The van der Waals surface area contributed by atoms with E-state index in [9.17, 15) is 9.36 Å². The fraction of sp³-hybridized carbons (Fsp3) is 0.417. The van der Waals surface area contributed by atoms with Gasteiger partial charge < -0.3 is 5.73 Å². The van der Waals surface area contributed by atoms with E-state index in [1.165, 1.54) is 0 Å². The SMILES string of the molecule is CC(C)CC(N)(P=O)C(=O)OOc1ccccc1. The van der Waals surface area contributed by atoms with Crippen LogP contribution in [0.1, 0.15) is 20.3 Å². The van der Waals surface area contributed by atoms with Gasteiger partial charge in [0.1, 0.15) is 0 Å². The van der Waals surface area contributed by atoms with E-state index in [-0.39, 0.29) is 12.3 Å². The second kappa shape index (κ2) is 6.47. The lowest BCUT2D eigenvalue weighted by Gasteiger charge is -2.20. The quantitative estimate of drug-likeness (QED) is 0.487. The van der Waals surface area contributed by atoms with Crippen molar-refractivity contribution in [1.29, 1.82) is 0 Å². The molecule has 0 amide bonds. The maximum Gasteiger partial charge on any atom is 0.386 e. The third-order valence-electron chi connectivity index (χ3n) is 2.19. The van der Waals surface area contributed by atoms with Crippen molar-refractivity contribution in [1.82, 2.24) is 0 Å². The largest absolute Gasteiger partial charge is 0.386 e. The number of nitrogens with two attached hydrogens (primary N) is 1.